The molecule has 1 unspecified atom stereocenters. The summed E-state index contributed by atoms with van der Waals surface area (Å²) >= 11 is 0. The van der Waals surface area contributed by atoms with Crippen LogP contribution in [-0.2, 0) is 11.8 Å². The van der Waals surface area contributed by atoms with Gasteiger partial charge in [-0.25, -0.2) is 0 Å². The number of nitrogens with zero attached hydrogens (tertiary/aromatic N) is 2. The molecule has 0 aromatic carbocycles. The summed E-state index contributed by atoms with van der Waals surface area (Å²) in [6.45, 7) is 0.973. The van der Waals surface area contributed by atoms with Crippen molar-refractivity contribution >= 4 is 11.9 Å². The molecule has 0 radical (unpaired) electrons. The minimum Gasteiger partial charge on any atom is -0.481 e. The normalized spacial score (nSPS) is 20.3. The first-order chi connectivity index (χ1) is 8.08. The minimum absolute atomic E-state index is 0.0726. The fraction of sp³-hybridized carbons (Fsp3) is 0.500. The van der Waals surface area contributed by atoms with Crippen molar-refractivity contribution in [3.05, 3.63) is 24.0 Å². The van der Waals surface area contributed by atoms with Crippen molar-refractivity contribution in [3.63, 3.8) is 0 Å². The Morgan fingerprint density at radius 2 is 2.24 bits per heavy atom. The van der Waals surface area contributed by atoms with Crippen LogP contribution in [-0.4, -0.2) is 39.5 Å². The van der Waals surface area contributed by atoms with E-state index in [1.54, 1.807) is 17.2 Å². The Kier molecular flexibility index (Phi) is 3.17. The monoisotopic (exact) mass is 236 g/mol. The van der Waals surface area contributed by atoms with Crippen LogP contribution < -0.4 is 0 Å². The summed E-state index contributed by atoms with van der Waals surface area (Å²) in [5, 5.41) is 8.97. The molecule has 1 aromatic heterocycles. The number of aromatic nitrogens is 1. The van der Waals surface area contributed by atoms with Crippen LogP contribution >= 0.6 is 0 Å². The van der Waals surface area contributed by atoms with Gasteiger partial charge in [0.25, 0.3) is 5.91 Å². The number of aryl methyl sites for hydroxylation is 1. The van der Waals surface area contributed by atoms with Gasteiger partial charge in [0, 0.05) is 32.5 Å². The Bertz CT molecular complexity index is 439. The Hall–Kier alpha value is -1.78. The van der Waals surface area contributed by atoms with Crippen molar-refractivity contribution in [1.29, 1.82) is 0 Å². The second kappa shape index (κ2) is 4.61. The van der Waals surface area contributed by atoms with E-state index in [4.69, 9.17) is 5.11 Å². The number of piperidine rings is 1. The number of carbonyl (C=O) groups excluding carboxylic acids is 1. The van der Waals surface area contributed by atoms with Gasteiger partial charge in [-0.05, 0) is 18.9 Å². The Labute approximate surface area is 99.6 Å². The maximum Gasteiger partial charge on any atom is 0.308 e. The molecule has 2 rings (SSSR count). The summed E-state index contributed by atoms with van der Waals surface area (Å²) < 4.78 is 1.81. The first-order valence-electron chi connectivity index (χ1n) is 5.72. The van der Waals surface area contributed by atoms with Crippen molar-refractivity contribution in [2.75, 3.05) is 13.1 Å². The average Bonchev–Trinajstić information content (AvgIpc) is 2.75. The first kappa shape index (κ1) is 11.7. The number of amides is 1. The lowest BCUT2D eigenvalue weighted by Gasteiger charge is -2.30. The molecular weight excluding hydrogens is 220 g/mol. The van der Waals surface area contributed by atoms with E-state index in [1.165, 1.54) is 0 Å². The van der Waals surface area contributed by atoms with Gasteiger partial charge < -0.3 is 14.6 Å². The van der Waals surface area contributed by atoms with Crippen LogP contribution in [0.25, 0.3) is 0 Å². The lowest BCUT2D eigenvalue weighted by atomic mass is 9.98. The number of hydrogen-bond acceptors (Lipinski definition) is 2. The zero-order chi connectivity index (χ0) is 12.4. The predicted octanol–water partition coefficient (Wildman–Crippen LogP) is 0.962. The SMILES string of the molecule is Cn1ccc(C(=O)N2CCCC(C(=O)O)C2)c1. The number of rotatable bonds is 2. The number of carboxylic acid groups (broad SMARTS) is 1. The second-order valence-electron chi connectivity index (χ2n) is 4.49. The van der Waals surface area contributed by atoms with E-state index in [0.29, 0.717) is 25.1 Å². The number of carbonyl (C=O) groups is 2. The van der Waals surface area contributed by atoms with Gasteiger partial charge in [0.15, 0.2) is 0 Å². The van der Waals surface area contributed by atoms with E-state index < -0.39 is 11.9 Å². The highest BCUT2D eigenvalue weighted by atomic mass is 16.4. The fourth-order valence-electron chi connectivity index (χ4n) is 2.18. The largest absolute Gasteiger partial charge is 0.481 e. The van der Waals surface area contributed by atoms with E-state index in [-0.39, 0.29) is 5.91 Å². The summed E-state index contributed by atoms with van der Waals surface area (Å²) in [6.07, 6.45) is 4.99. The van der Waals surface area contributed by atoms with Crippen LogP contribution in [0.3, 0.4) is 0 Å². The summed E-state index contributed by atoms with van der Waals surface area (Å²) in [7, 11) is 1.85. The summed E-state index contributed by atoms with van der Waals surface area (Å²) in [5.74, 6) is -1.30. The lowest BCUT2D eigenvalue weighted by molar-refractivity contribution is -0.143. The zero-order valence-electron chi connectivity index (χ0n) is 9.80. The van der Waals surface area contributed by atoms with Crippen LogP contribution in [0, 0.1) is 5.92 Å². The topological polar surface area (TPSA) is 62.5 Å². The highest BCUT2D eigenvalue weighted by molar-refractivity contribution is 5.94. The van der Waals surface area contributed by atoms with E-state index in [1.807, 2.05) is 17.8 Å². The Morgan fingerprint density at radius 3 is 2.82 bits per heavy atom. The van der Waals surface area contributed by atoms with Gasteiger partial charge in [0.1, 0.15) is 0 Å². The van der Waals surface area contributed by atoms with E-state index >= 15 is 0 Å². The van der Waals surface area contributed by atoms with Crippen molar-refractivity contribution in [1.82, 2.24) is 9.47 Å². The van der Waals surface area contributed by atoms with Gasteiger partial charge in [0.2, 0.25) is 0 Å². The molecule has 5 nitrogen and oxygen atoms in total. The zero-order valence-corrected chi connectivity index (χ0v) is 9.80. The number of hydrogen-bond donors (Lipinski definition) is 1. The second-order valence-corrected chi connectivity index (χ2v) is 4.49. The van der Waals surface area contributed by atoms with Gasteiger partial charge in [-0.15, -0.1) is 0 Å². The molecule has 17 heavy (non-hydrogen) atoms. The number of carboxylic acids is 1. The van der Waals surface area contributed by atoms with Crippen LogP contribution in [0.15, 0.2) is 18.5 Å². The van der Waals surface area contributed by atoms with Gasteiger partial charge in [-0.2, -0.15) is 0 Å². The molecule has 0 saturated carbocycles. The molecule has 1 fully saturated rings. The van der Waals surface area contributed by atoms with E-state index in [0.717, 1.165) is 6.42 Å². The van der Waals surface area contributed by atoms with Crippen LogP contribution in [0.2, 0.25) is 0 Å². The van der Waals surface area contributed by atoms with Crippen molar-refractivity contribution in [2.24, 2.45) is 13.0 Å². The maximum atomic E-state index is 12.1. The van der Waals surface area contributed by atoms with Crippen LogP contribution in [0.4, 0.5) is 0 Å². The Morgan fingerprint density at radius 1 is 1.47 bits per heavy atom. The highest BCUT2D eigenvalue weighted by Crippen LogP contribution is 2.18. The standard InChI is InChI=1S/C12H16N2O3/c1-13-6-4-9(7-13)11(15)14-5-2-3-10(8-14)12(16)17/h4,6-7,10H,2-3,5,8H2,1H3,(H,16,17). The number of likely N-dealkylation sites (tertiary alicyclic amines) is 1. The first-order valence-corrected chi connectivity index (χ1v) is 5.72. The number of aliphatic carboxylic acids is 1. The molecule has 1 saturated heterocycles. The molecule has 0 spiro atoms. The van der Waals surface area contributed by atoms with Gasteiger partial charge in [-0.1, -0.05) is 0 Å². The predicted molar refractivity (Wildman–Crippen MR) is 61.7 cm³/mol. The molecule has 1 N–H and O–H groups in total. The van der Waals surface area contributed by atoms with Crippen molar-refractivity contribution < 1.29 is 14.7 Å². The third-order valence-electron chi connectivity index (χ3n) is 3.14. The molecule has 92 valence electrons. The summed E-state index contributed by atoms with van der Waals surface area (Å²) in [6, 6.07) is 1.76. The third-order valence-corrected chi connectivity index (χ3v) is 3.14. The van der Waals surface area contributed by atoms with E-state index in [2.05, 4.69) is 0 Å². The van der Waals surface area contributed by atoms with Crippen LogP contribution in [0.5, 0.6) is 0 Å². The van der Waals surface area contributed by atoms with Gasteiger partial charge >= 0.3 is 5.97 Å². The van der Waals surface area contributed by atoms with Crippen molar-refractivity contribution in [2.45, 2.75) is 12.8 Å². The molecule has 0 bridgehead atoms. The van der Waals surface area contributed by atoms with Gasteiger partial charge in [-0.3, -0.25) is 9.59 Å². The summed E-state index contributed by atoms with van der Waals surface area (Å²) in [4.78, 5) is 24.7. The lowest BCUT2D eigenvalue weighted by Crippen LogP contribution is -2.42. The molecule has 1 atom stereocenters. The molecule has 5 heteroatoms. The minimum atomic E-state index is -0.810. The molecule has 2 heterocycles. The molecule has 1 aromatic rings. The summed E-state index contributed by atoms with van der Waals surface area (Å²) in [5.41, 5.74) is 0.624. The molecule has 1 aliphatic heterocycles. The third kappa shape index (κ3) is 2.49. The van der Waals surface area contributed by atoms with Crippen LogP contribution in [0.1, 0.15) is 23.2 Å². The quantitative estimate of drug-likeness (QED) is 0.832. The highest BCUT2D eigenvalue weighted by Gasteiger charge is 2.28. The maximum absolute atomic E-state index is 12.1. The molecular formula is C12H16N2O3. The van der Waals surface area contributed by atoms with Gasteiger partial charge in [0.05, 0.1) is 11.5 Å². The van der Waals surface area contributed by atoms with E-state index in [9.17, 15) is 9.59 Å². The van der Waals surface area contributed by atoms with Crippen molar-refractivity contribution in [3.8, 4) is 0 Å². The fourth-order valence-corrected chi connectivity index (χ4v) is 2.18. The smallest absolute Gasteiger partial charge is 0.308 e. The average molecular weight is 236 g/mol. The Balaban J connectivity index is 2.07. The molecule has 1 aliphatic rings. The molecule has 1 amide bonds. The molecule has 0 aliphatic carbocycles.